The largest absolute Gasteiger partial charge is 0.298 e. The van der Waals surface area contributed by atoms with E-state index in [2.05, 4.69) is 4.98 Å². The summed E-state index contributed by atoms with van der Waals surface area (Å²) in [5, 5.41) is 8.74. The lowest BCUT2D eigenvalue weighted by atomic mass is 10.0. The molecule has 82 valence electrons. The number of carbonyl (C=O) groups is 1. The molecule has 17 heavy (non-hydrogen) atoms. The van der Waals surface area contributed by atoms with Gasteiger partial charge in [0.25, 0.3) is 0 Å². The van der Waals surface area contributed by atoms with E-state index in [9.17, 15) is 9.18 Å². The van der Waals surface area contributed by atoms with E-state index in [1.165, 1.54) is 36.7 Å². The Morgan fingerprint density at radius 2 is 2.12 bits per heavy atom. The molecule has 0 fully saturated rings. The van der Waals surface area contributed by atoms with Crippen LogP contribution in [0.3, 0.4) is 0 Å². The molecule has 0 aliphatic carbocycles. The van der Waals surface area contributed by atoms with Crippen LogP contribution in [0.15, 0.2) is 36.7 Å². The Balaban J connectivity index is 2.59. The van der Waals surface area contributed by atoms with Crippen molar-refractivity contribution in [3.05, 3.63) is 53.6 Å². The van der Waals surface area contributed by atoms with Crippen LogP contribution >= 0.6 is 0 Å². The van der Waals surface area contributed by atoms with Crippen molar-refractivity contribution in [2.24, 2.45) is 0 Å². The van der Waals surface area contributed by atoms with E-state index in [4.69, 9.17) is 5.26 Å². The molecule has 0 unspecified atom stereocenters. The Labute approximate surface area is 97.2 Å². The number of nitrogens with zero attached hydrogens (tertiary/aromatic N) is 2. The summed E-state index contributed by atoms with van der Waals surface area (Å²) in [5.74, 6) is -0.451. The Bertz CT molecular complexity index is 617. The highest BCUT2D eigenvalue weighted by Crippen LogP contribution is 2.23. The quantitative estimate of drug-likeness (QED) is 0.739. The van der Waals surface area contributed by atoms with E-state index < -0.39 is 5.82 Å². The maximum atomic E-state index is 13.6. The zero-order valence-electron chi connectivity index (χ0n) is 8.72. The molecule has 0 saturated carbocycles. The number of aldehydes is 1. The molecule has 2 rings (SSSR count). The molecule has 0 radical (unpaired) electrons. The minimum Gasteiger partial charge on any atom is -0.298 e. The van der Waals surface area contributed by atoms with Gasteiger partial charge in [-0.05, 0) is 24.3 Å². The van der Waals surface area contributed by atoms with Gasteiger partial charge in [0, 0.05) is 29.1 Å². The highest BCUT2D eigenvalue weighted by molar-refractivity contribution is 5.79. The van der Waals surface area contributed by atoms with Crippen LogP contribution in [0.1, 0.15) is 15.9 Å². The van der Waals surface area contributed by atoms with Crippen molar-refractivity contribution >= 4 is 6.29 Å². The lowest BCUT2D eigenvalue weighted by Gasteiger charge is -2.04. The first-order chi connectivity index (χ1) is 8.24. The number of aromatic nitrogens is 1. The van der Waals surface area contributed by atoms with Crippen LogP contribution in [-0.4, -0.2) is 11.3 Å². The Morgan fingerprint density at radius 3 is 2.82 bits per heavy atom. The molecule has 0 saturated heterocycles. The Kier molecular flexibility index (Phi) is 2.93. The van der Waals surface area contributed by atoms with E-state index in [1.807, 2.05) is 6.07 Å². The lowest BCUT2D eigenvalue weighted by Crippen LogP contribution is -1.90. The molecule has 0 aliphatic rings. The molecule has 3 nitrogen and oxygen atoms in total. The summed E-state index contributed by atoms with van der Waals surface area (Å²) < 4.78 is 13.6. The first-order valence-corrected chi connectivity index (χ1v) is 4.85. The van der Waals surface area contributed by atoms with Crippen molar-refractivity contribution in [1.82, 2.24) is 4.98 Å². The van der Waals surface area contributed by atoms with Crippen LogP contribution in [0, 0.1) is 17.1 Å². The van der Waals surface area contributed by atoms with Gasteiger partial charge in [-0.1, -0.05) is 0 Å². The first kappa shape index (κ1) is 11.0. The molecular weight excluding hydrogens is 219 g/mol. The third-order valence-corrected chi connectivity index (χ3v) is 2.30. The highest BCUT2D eigenvalue weighted by Gasteiger charge is 2.07. The summed E-state index contributed by atoms with van der Waals surface area (Å²) in [6, 6.07) is 7.51. The second kappa shape index (κ2) is 4.54. The molecule has 0 amide bonds. The van der Waals surface area contributed by atoms with Gasteiger partial charge >= 0.3 is 0 Å². The number of halogens is 1. The monoisotopic (exact) mass is 226 g/mol. The van der Waals surface area contributed by atoms with Gasteiger partial charge in [0.1, 0.15) is 18.2 Å². The van der Waals surface area contributed by atoms with Crippen LogP contribution in [-0.2, 0) is 0 Å². The third-order valence-electron chi connectivity index (χ3n) is 2.30. The second-order valence-corrected chi connectivity index (χ2v) is 3.43. The molecule has 0 aliphatic heterocycles. The van der Waals surface area contributed by atoms with Gasteiger partial charge in [-0.25, -0.2) is 4.39 Å². The number of hydrogen-bond acceptors (Lipinski definition) is 3. The van der Waals surface area contributed by atoms with E-state index in [0.29, 0.717) is 23.0 Å². The first-order valence-electron chi connectivity index (χ1n) is 4.85. The molecule has 0 spiro atoms. The summed E-state index contributed by atoms with van der Waals surface area (Å²) in [6.45, 7) is 0. The molecule has 1 aromatic heterocycles. The van der Waals surface area contributed by atoms with E-state index in [1.54, 1.807) is 0 Å². The molecule has 1 aromatic carbocycles. The maximum absolute atomic E-state index is 13.6. The van der Waals surface area contributed by atoms with Gasteiger partial charge in [0.05, 0.1) is 5.56 Å². The van der Waals surface area contributed by atoms with Crippen molar-refractivity contribution in [2.75, 3.05) is 0 Å². The summed E-state index contributed by atoms with van der Waals surface area (Å²) in [6.07, 6.45) is 3.49. The predicted molar refractivity (Wildman–Crippen MR) is 59.7 cm³/mol. The standard InChI is InChI=1S/C13H7FN2O/c14-13-2-1-9(8-17)4-12(13)11-3-10(5-15)6-16-7-11/h1-4,6-8H. The number of pyridine rings is 1. The van der Waals surface area contributed by atoms with E-state index in [0.717, 1.165) is 0 Å². The van der Waals surface area contributed by atoms with Crippen LogP contribution in [0.5, 0.6) is 0 Å². The van der Waals surface area contributed by atoms with Gasteiger partial charge in [-0.3, -0.25) is 9.78 Å². The van der Waals surface area contributed by atoms with Gasteiger partial charge in [0.15, 0.2) is 0 Å². The lowest BCUT2D eigenvalue weighted by molar-refractivity contribution is 0.112. The van der Waals surface area contributed by atoms with Gasteiger partial charge in [-0.15, -0.1) is 0 Å². The number of benzene rings is 1. The fraction of sp³-hybridized carbons (Fsp3) is 0. The summed E-state index contributed by atoms with van der Waals surface area (Å²) in [4.78, 5) is 14.5. The Morgan fingerprint density at radius 1 is 1.29 bits per heavy atom. The molecular formula is C13H7FN2O. The number of nitriles is 1. The van der Waals surface area contributed by atoms with E-state index in [-0.39, 0.29) is 5.56 Å². The highest BCUT2D eigenvalue weighted by atomic mass is 19.1. The number of hydrogen-bond donors (Lipinski definition) is 0. The zero-order chi connectivity index (χ0) is 12.3. The van der Waals surface area contributed by atoms with Gasteiger partial charge in [0.2, 0.25) is 0 Å². The van der Waals surface area contributed by atoms with Crippen LogP contribution in [0.2, 0.25) is 0 Å². The topological polar surface area (TPSA) is 53.8 Å². The summed E-state index contributed by atoms with van der Waals surface area (Å²) in [5.41, 5.74) is 1.46. The molecule has 0 N–H and O–H groups in total. The predicted octanol–water partition coefficient (Wildman–Crippen LogP) is 2.57. The van der Waals surface area contributed by atoms with Crippen molar-refractivity contribution in [3.63, 3.8) is 0 Å². The van der Waals surface area contributed by atoms with Crippen LogP contribution < -0.4 is 0 Å². The minimum absolute atomic E-state index is 0.263. The number of carbonyl (C=O) groups excluding carboxylic acids is 1. The smallest absolute Gasteiger partial charge is 0.150 e. The van der Waals surface area contributed by atoms with Gasteiger partial charge in [-0.2, -0.15) is 5.26 Å². The van der Waals surface area contributed by atoms with Crippen molar-refractivity contribution < 1.29 is 9.18 Å². The minimum atomic E-state index is -0.451. The second-order valence-electron chi connectivity index (χ2n) is 3.43. The van der Waals surface area contributed by atoms with Crippen molar-refractivity contribution in [2.45, 2.75) is 0 Å². The average Bonchev–Trinajstić information content (AvgIpc) is 2.39. The number of rotatable bonds is 2. The average molecular weight is 226 g/mol. The fourth-order valence-electron chi connectivity index (χ4n) is 1.49. The molecule has 0 bridgehead atoms. The SMILES string of the molecule is N#Cc1cncc(-c2cc(C=O)ccc2F)c1. The third kappa shape index (κ3) is 2.18. The van der Waals surface area contributed by atoms with Crippen LogP contribution in [0.4, 0.5) is 4.39 Å². The fourth-order valence-corrected chi connectivity index (χ4v) is 1.49. The van der Waals surface area contributed by atoms with Crippen LogP contribution in [0.25, 0.3) is 11.1 Å². The molecule has 1 heterocycles. The molecule has 0 atom stereocenters. The molecule has 2 aromatic rings. The van der Waals surface area contributed by atoms with Crippen molar-refractivity contribution in [1.29, 1.82) is 5.26 Å². The maximum Gasteiger partial charge on any atom is 0.150 e. The summed E-state index contributed by atoms with van der Waals surface area (Å²) >= 11 is 0. The van der Waals surface area contributed by atoms with Gasteiger partial charge < -0.3 is 0 Å². The van der Waals surface area contributed by atoms with E-state index >= 15 is 0 Å². The molecule has 4 heteroatoms. The Hall–Kier alpha value is -2.54. The normalized spacial score (nSPS) is 9.65. The van der Waals surface area contributed by atoms with Crippen molar-refractivity contribution in [3.8, 4) is 17.2 Å². The zero-order valence-corrected chi connectivity index (χ0v) is 8.72. The summed E-state index contributed by atoms with van der Waals surface area (Å²) in [7, 11) is 0.